The third-order valence-corrected chi connectivity index (χ3v) is 12.6. The molecule has 1 aliphatic carbocycles. The minimum Gasteiger partial charge on any atom is -0.467 e. The Morgan fingerprint density at radius 2 is 0.974 bits per heavy atom. The highest BCUT2D eigenvalue weighted by Crippen LogP contribution is 2.44. The van der Waals surface area contributed by atoms with Gasteiger partial charge in [-0.3, -0.25) is 4.79 Å². The van der Waals surface area contributed by atoms with Gasteiger partial charge in [-0.05, 0) is 84.1 Å². The number of nitrogens with one attached hydrogen (secondary N) is 4. The van der Waals surface area contributed by atoms with Crippen LogP contribution in [0.15, 0.2) is 170 Å². The number of hydrogen-bond acceptors (Lipinski definition) is 15. The Labute approximate surface area is 442 Å². The molecular weight excluding hydrogens is 993 g/mol. The fourth-order valence-electron chi connectivity index (χ4n) is 8.79. The molecule has 4 amide bonds. The summed E-state index contributed by atoms with van der Waals surface area (Å²) in [6, 6.07) is 43.3. The number of carbonyl (C=O) groups excluding carboxylic acids is 8. The van der Waals surface area contributed by atoms with E-state index in [4.69, 9.17) is 33.2 Å². The first-order valence-electron chi connectivity index (χ1n) is 24.6. The van der Waals surface area contributed by atoms with E-state index >= 15 is 0 Å². The summed E-state index contributed by atoms with van der Waals surface area (Å²) in [5, 5.41) is 10.2. The lowest BCUT2D eigenvalue weighted by Crippen LogP contribution is -2.67. The van der Waals surface area contributed by atoms with Gasteiger partial charge in [0.15, 0.2) is 24.5 Å². The highest BCUT2D eigenvalue weighted by Gasteiger charge is 2.54. The van der Waals surface area contributed by atoms with Crippen molar-refractivity contribution in [1.82, 2.24) is 21.3 Å². The van der Waals surface area contributed by atoms with Crippen LogP contribution in [-0.4, -0.2) is 117 Å². The van der Waals surface area contributed by atoms with Gasteiger partial charge in [-0.2, -0.15) is 0 Å². The number of hydrogen-bond donors (Lipinski definition) is 4. The van der Waals surface area contributed by atoms with E-state index in [9.17, 15) is 38.4 Å². The van der Waals surface area contributed by atoms with Crippen LogP contribution in [0.1, 0.15) is 71.8 Å². The molecule has 1 heterocycles. The van der Waals surface area contributed by atoms with E-state index in [-0.39, 0.29) is 47.7 Å². The van der Waals surface area contributed by atoms with Crippen LogP contribution in [0.4, 0.5) is 9.59 Å². The van der Waals surface area contributed by atoms with E-state index in [0.29, 0.717) is 0 Å². The maximum Gasteiger partial charge on any atom is 0.407 e. The molecule has 7 atom stereocenters. The molecule has 1 fully saturated rings. The molecule has 2 aliphatic rings. The lowest BCUT2D eigenvalue weighted by atomic mass is 9.96. The van der Waals surface area contributed by atoms with Crippen molar-refractivity contribution in [2.45, 2.75) is 62.0 Å². The van der Waals surface area contributed by atoms with E-state index in [1.807, 2.05) is 48.5 Å². The standard InChI is InChI=1S/C58H54N4O15/c1-35(52(64)71-2)60-50(63)45(61-58(70)73-33-44-42-29-17-15-27-40(42)41-28-16-18-30-43(41)44)31-32-59-57(69)62-51-49(77-56(68)39-25-13-6-14-26-39)48(76-55(67)38-23-11-5-12-24-38)47(75-54(66)37-21-9-4-10-22-37)46(74-51)34-72-53(65)36-19-7-3-8-20-36/h3-30,35,44-49,51H,31-34H2,1-2H3,(H,60,63)(H,61,70)(H2,59,62,69)/t35-,45-,46+,47+,48-,49+,51+/m0/s1. The number of benzene rings is 6. The number of urea groups is 1. The Morgan fingerprint density at radius 1 is 0.519 bits per heavy atom. The summed E-state index contributed by atoms with van der Waals surface area (Å²) in [7, 11) is 1.15. The van der Waals surface area contributed by atoms with Crippen molar-refractivity contribution in [3.8, 4) is 11.1 Å². The number of rotatable bonds is 19. The van der Waals surface area contributed by atoms with E-state index in [0.717, 1.165) is 29.4 Å². The molecule has 0 unspecified atom stereocenters. The zero-order valence-corrected chi connectivity index (χ0v) is 41.7. The SMILES string of the molecule is COC(=O)[C@H](C)NC(=O)[C@H](CCNC(=O)N[C@@H]1O[C@H](COC(=O)c2ccccc2)[C@@H](OC(=O)c2ccccc2)[C@H](OC(=O)c2ccccc2)[C@H]1OC(=O)c1ccccc1)NC(=O)OCC1c2ccccc2-c2ccccc21. The van der Waals surface area contributed by atoms with E-state index < -0.39 is 97.2 Å². The molecule has 77 heavy (non-hydrogen) atoms. The fourth-order valence-corrected chi connectivity index (χ4v) is 8.79. The number of fused-ring (bicyclic) bond motifs is 3. The van der Waals surface area contributed by atoms with Crippen LogP contribution in [0.2, 0.25) is 0 Å². The van der Waals surface area contributed by atoms with Gasteiger partial charge >= 0.3 is 42.0 Å². The summed E-state index contributed by atoms with van der Waals surface area (Å²) in [6.45, 7) is 0.328. The van der Waals surface area contributed by atoms with Gasteiger partial charge in [0, 0.05) is 12.5 Å². The molecule has 6 aromatic rings. The molecule has 396 valence electrons. The Kier molecular flexibility index (Phi) is 18.0. The molecule has 0 aromatic heterocycles. The lowest BCUT2D eigenvalue weighted by molar-refractivity contribution is -0.233. The second-order valence-electron chi connectivity index (χ2n) is 17.7. The quantitative estimate of drug-likeness (QED) is 0.0498. The van der Waals surface area contributed by atoms with Crippen LogP contribution in [0, 0.1) is 0 Å². The van der Waals surface area contributed by atoms with E-state index in [1.54, 1.807) is 72.8 Å². The average Bonchev–Trinajstić information content (AvgIpc) is 3.79. The summed E-state index contributed by atoms with van der Waals surface area (Å²) in [5.41, 5.74) is 4.28. The minimum absolute atomic E-state index is 0.0512. The summed E-state index contributed by atoms with van der Waals surface area (Å²) in [4.78, 5) is 109. The normalized spacial score (nSPS) is 18.0. The van der Waals surface area contributed by atoms with Crippen LogP contribution >= 0.6 is 0 Å². The van der Waals surface area contributed by atoms with Gasteiger partial charge in [-0.1, -0.05) is 121 Å². The Morgan fingerprint density at radius 3 is 1.48 bits per heavy atom. The molecular formula is C58H54N4O15. The van der Waals surface area contributed by atoms with Crippen molar-refractivity contribution in [3.63, 3.8) is 0 Å². The molecule has 8 rings (SSSR count). The third-order valence-electron chi connectivity index (χ3n) is 12.6. The third kappa shape index (κ3) is 13.7. The topological polar surface area (TPSA) is 249 Å². The van der Waals surface area contributed by atoms with Crippen molar-refractivity contribution >= 4 is 47.9 Å². The zero-order chi connectivity index (χ0) is 54.3. The number of esters is 5. The molecule has 19 nitrogen and oxygen atoms in total. The number of carbonyl (C=O) groups is 8. The summed E-state index contributed by atoms with van der Waals surface area (Å²) in [5.74, 6) is -5.49. The van der Waals surface area contributed by atoms with Crippen LogP contribution in [0.5, 0.6) is 0 Å². The highest BCUT2D eigenvalue weighted by molar-refractivity contribution is 5.92. The second kappa shape index (κ2) is 25.7. The van der Waals surface area contributed by atoms with Crippen molar-refractivity contribution in [1.29, 1.82) is 0 Å². The van der Waals surface area contributed by atoms with Crippen LogP contribution in [-0.2, 0) is 42.7 Å². The summed E-state index contributed by atoms with van der Waals surface area (Å²) < 4.78 is 40.8. The van der Waals surface area contributed by atoms with Gasteiger partial charge in [-0.25, -0.2) is 33.6 Å². The first-order chi connectivity index (χ1) is 37.4. The van der Waals surface area contributed by atoms with Gasteiger partial charge in [-0.15, -0.1) is 0 Å². The maximum atomic E-state index is 14.1. The number of ether oxygens (including phenoxy) is 7. The lowest BCUT2D eigenvalue weighted by Gasteiger charge is -2.44. The molecule has 0 radical (unpaired) electrons. The zero-order valence-electron chi connectivity index (χ0n) is 41.7. The number of methoxy groups -OCH3 is 1. The minimum atomic E-state index is -1.79. The Balaban J connectivity index is 1.05. The molecule has 19 heteroatoms. The van der Waals surface area contributed by atoms with Crippen LogP contribution in [0.3, 0.4) is 0 Å². The molecule has 1 saturated heterocycles. The van der Waals surface area contributed by atoms with Gasteiger partial charge in [0.05, 0.1) is 29.4 Å². The molecule has 1 aliphatic heterocycles. The van der Waals surface area contributed by atoms with Gasteiger partial charge in [0.2, 0.25) is 5.91 Å². The van der Waals surface area contributed by atoms with Crippen LogP contribution in [0.25, 0.3) is 11.1 Å². The van der Waals surface area contributed by atoms with Gasteiger partial charge < -0.3 is 54.4 Å². The largest absolute Gasteiger partial charge is 0.467 e. The van der Waals surface area contributed by atoms with Gasteiger partial charge in [0.1, 0.15) is 31.4 Å². The van der Waals surface area contributed by atoms with E-state index in [2.05, 4.69) is 21.3 Å². The molecule has 0 spiro atoms. The Hall–Kier alpha value is -9.36. The maximum absolute atomic E-state index is 14.1. The monoisotopic (exact) mass is 1050 g/mol. The second-order valence-corrected chi connectivity index (χ2v) is 17.7. The summed E-state index contributed by atoms with van der Waals surface area (Å²) >= 11 is 0. The van der Waals surface area contributed by atoms with Crippen molar-refractivity contribution in [2.24, 2.45) is 0 Å². The van der Waals surface area contributed by atoms with E-state index in [1.165, 1.54) is 55.5 Å². The van der Waals surface area contributed by atoms with Crippen molar-refractivity contribution in [2.75, 3.05) is 26.9 Å². The first-order valence-corrected chi connectivity index (χ1v) is 24.6. The van der Waals surface area contributed by atoms with Crippen molar-refractivity contribution < 1.29 is 71.5 Å². The van der Waals surface area contributed by atoms with Gasteiger partial charge in [0.25, 0.3) is 0 Å². The number of alkyl carbamates (subject to hydrolysis) is 1. The van der Waals surface area contributed by atoms with Crippen LogP contribution < -0.4 is 21.3 Å². The molecule has 0 saturated carbocycles. The number of amides is 4. The predicted octanol–water partition coefficient (Wildman–Crippen LogP) is 6.52. The molecule has 4 N–H and O–H groups in total. The molecule has 6 aromatic carbocycles. The fraction of sp³-hybridized carbons (Fsp3) is 0.241. The Bertz CT molecular complexity index is 3010. The summed E-state index contributed by atoms with van der Waals surface area (Å²) in [6.07, 6.45) is -9.74. The molecule has 0 bridgehead atoms. The first kappa shape index (κ1) is 53.9. The smallest absolute Gasteiger partial charge is 0.407 e. The van der Waals surface area contributed by atoms with Crippen molar-refractivity contribution in [3.05, 3.63) is 203 Å². The average molecular weight is 1050 g/mol. The highest BCUT2D eigenvalue weighted by atomic mass is 16.7. The predicted molar refractivity (Wildman–Crippen MR) is 275 cm³/mol.